The highest BCUT2D eigenvalue weighted by molar-refractivity contribution is 5.69. The number of hydrogen-bond donors (Lipinski definition) is 1. The third kappa shape index (κ3) is 2.88. The summed E-state index contributed by atoms with van der Waals surface area (Å²) in [5, 5.41) is 0. The molecule has 16 heavy (non-hydrogen) atoms. The van der Waals surface area contributed by atoms with Gasteiger partial charge >= 0.3 is 6.09 Å². The highest BCUT2D eigenvalue weighted by Crippen LogP contribution is 2.39. The van der Waals surface area contributed by atoms with Crippen LogP contribution in [0.3, 0.4) is 0 Å². The molecule has 1 heterocycles. The molecule has 0 atom stereocenters. The lowest BCUT2D eigenvalue weighted by molar-refractivity contribution is -0.0106. The summed E-state index contributed by atoms with van der Waals surface area (Å²) in [7, 11) is 0. The molecule has 2 N–H and O–H groups in total. The summed E-state index contributed by atoms with van der Waals surface area (Å²) in [6, 6.07) is 0. The second kappa shape index (κ2) is 3.62. The molecule has 4 nitrogen and oxygen atoms in total. The Balaban J connectivity index is 1.76. The molecule has 2 rings (SSSR count). The van der Waals surface area contributed by atoms with Crippen LogP contribution < -0.4 is 5.73 Å². The Morgan fingerprint density at radius 2 is 2.00 bits per heavy atom. The number of carbonyl (C=O) groups is 1. The largest absolute Gasteiger partial charge is 0.444 e. The van der Waals surface area contributed by atoms with Gasteiger partial charge in [-0.25, -0.2) is 4.79 Å². The normalized spacial score (nSPS) is 23.9. The Labute approximate surface area is 97.1 Å². The molecule has 1 amide bonds. The van der Waals surface area contributed by atoms with Gasteiger partial charge in [-0.05, 0) is 33.1 Å². The van der Waals surface area contributed by atoms with E-state index in [-0.39, 0.29) is 11.6 Å². The van der Waals surface area contributed by atoms with Crippen LogP contribution in [0.5, 0.6) is 0 Å². The van der Waals surface area contributed by atoms with Crippen LogP contribution >= 0.6 is 0 Å². The summed E-state index contributed by atoms with van der Waals surface area (Å²) in [5.74, 6) is 0.811. The summed E-state index contributed by atoms with van der Waals surface area (Å²) in [4.78, 5) is 13.4. The fourth-order valence-corrected chi connectivity index (χ4v) is 2.20. The van der Waals surface area contributed by atoms with Gasteiger partial charge in [-0.1, -0.05) is 12.8 Å². The van der Waals surface area contributed by atoms with Gasteiger partial charge in [0.15, 0.2) is 0 Å². The van der Waals surface area contributed by atoms with Crippen LogP contribution in [-0.4, -0.2) is 35.2 Å². The van der Waals surface area contributed by atoms with Gasteiger partial charge in [0.05, 0.1) is 5.54 Å². The maximum atomic E-state index is 11.7. The maximum absolute atomic E-state index is 11.7. The number of rotatable bonds is 2. The molecule has 92 valence electrons. The second-order valence-electron chi connectivity index (χ2n) is 6.35. The monoisotopic (exact) mass is 226 g/mol. The van der Waals surface area contributed by atoms with Crippen LogP contribution in [0, 0.1) is 5.92 Å². The van der Waals surface area contributed by atoms with Gasteiger partial charge in [0.2, 0.25) is 0 Å². The smallest absolute Gasteiger partial charge is 0.410 e. The summed E-state index contributed by atoms with van der Waals surface area (Å²) in [6.07, 6.45) is 3.45. The molecule has 0 spiro atoms. The number of hydrogen-bond acceptors (Lipinski definition) is 3. The van der Waals surface area contributed by atoms with Crippen molar-refractivity contribution in [2.24, 2.45) is 11.7 Å². The molecular weight excluding hydrogens is 204 g/mol. The Hall–Kier alpha value is -0.770. The zero-order valence-electron chi connectivity index (χ0n) is 10.5. The van der Waals surface area contributed by atoms with Crippen LogP contribution in [0.1, 0.15) is 40.0 Å². The van der Waals surface area contributed by atoms with Gasteiger partial charge in [0.1, 0.15) is 5.60 Å². The molecule has 0 aromatic carbocycles. The van der Waals surface area contributed by atoms with Crippen molar-refractivity contribution in [3.63, 3.8) is 0 Å². The number of nitrogens with two attached hydrogens (primary N) is 1. The molecule has 2 aliphatic rings. The van der Waals surface area contributed by atoms with Crippen LogP contribution in [0.4, 0.5) is 4.79 Å². The van der Waals surface area contributed by atoms with Crippen molar-refractivity contribution < 1.29 is 9.53 Å². The maximum Gasteiger partial charge on any atom is 0.410 e. The third-order valence-corrected chi connectivity index (χ3v) is 3.06. The van der Waals surface area contributed by atoms with E-state index in [0.29, 0.717) is 13.1 Å². The van der Waals surface area contributed by atoms with E-state index < -0.39 is 5.60 Å². The van der Waals surface area contributed by atoms with Crippen LogP contribution in [-0.2, 0) is 4.74 Å². The van der Waals surface area contributed by atoms with E-state index in [2.05, 4.69) is 0 Å². The molecule has 0 aromatic heterocycles. The topological polar surface area (TPSA) is 55.6 Å². The first-order valence-corrected chi connectivity index (χ1v) is 6.04. The van der Waals surface area contributed by atoms with E-state index in [1.165, 1.54) is 12.8 Å². The van der Waals surface area contributed by atoms with Gasteiger partial charge in [-0.15, -0.1) is 0 Å². The number of amides is 1. The minimum Gasteiger partial charge on any atom is -0.444 e. The van der Waals surface area contributed by atoms with E-state index in [4.69, 9.17) is 10.5 Å². The fourth-order valence-electron chi connectivity index (χ4n) is 2.20. The molecule has 2 fully saturated rings. The molecular formula is C12H22N2O2. The lowest BCUT2D eigenvalue weighted by Crippen LogP contribution is -2.69. The van der Waals surface area contributed by atoms with Crippen LogP contribution in [0.25, 0.3) is 0 Å². The lowest BCUT2D eigenvalue weighted by Gasteiger charge is -2.47. The van der Waals surface area contributed by atoms with Gasteiger partial charge in [-0.3, -0.25) is 0 Å². The SMILES string of the molecule is CC(C)(C)OC(=O)N1CC(N)(CC2CC2)C1. The predicted octanol–water partition coefficient (Wildman–Crippen LogP) is 1.73. The molecule has 1 saturated carbocycles. The standard InChI is InChI=1S/C12H22N2O2/c1-11(2,3)16-10(15)14-7-12(13,8-14)6-9-4-5-9/h9H,4-8,13H2,1-3H3. The van der Waals surface area contributed by atoms with Gasteiger partial charge in [0, 0.05) is 13.1 Å². The van der Waals surface area contributed by atoms with Crippen molar-refractivity contribution in [2.45, 2.75) is 51.2 Å². The first kappa shape index (κ1) is 11.7. The molecule has 0 radical (unpaired) electrons. The Kier molecular flexibility index (Phi) is 2.65. The van der Waals surface area contributed by atoms with E-state index in [1.807, 2.05) is 20.8 Å². The average molecular weight is 226 g/mol. The molecule has 1 saturated heterocycles. The fraction of sp³-hybridized carbons (Fsp3) is 0.917. The van der Waals surface area contributed by atoms with Gasteiger partial charge < -0.3 is 15.4 Å². The molecule has 0 unspecified atom stereocenters. The van der Waals surface area contributed by atoms with E-state index in [0.717, 1.165) is 12.3 Å². The molecule has 4 heteroatoms. The Morgan fingerprint density at radius 1 is 1.44 bits per heavy atom. The summed E-state index contributed by atoms with van der Waals surface area (Å²) < 4.78 is 5.29. The number of ether oxygens (including phenoxy) is 1. The number of likely N-dealkylation sites (tertiary alicyclic amines) is 1. The van der Waals surface area contributed by atoms with Crippen LogP contribution in [0.15, 0.2) is 0 Å². The summed E-state index contributed by atoms with van der Waals surface area (Å²) in [5.41, 5.74) is 5.63. The van der Waals surface area contributed by atoms with E-state index in [9.17, 15) is 4.79 Å². The molecule has 1 aliphatic carbocycles. The first-order valence-electron chi connectivity index (χ1n) is 6.04. The zero-order chi connectivity index (χ0) is 12.0. The second-order valence-corrected chi connectivity index (χ2v) is 6.35. The Bertz CT molecular complexity index is 286. The number of carbonyl (C=O) groups excluding carboxylic acids is 1. The minimum atomic E-state index is -0.416. The van der Waals surface area contributed by atoms with E-state index >= 15 is 0 Å². The van der Waals surface area contributed by atoms with Crippen LogP contribution in [0.2, 0.25) is 0 Å². The van der Waals surface area contributed by atoms with Crippen molar-refractivity contribution in [1.29, 1.82) is 0 Å². The summed E-state index contributed by atoms with van der Waals surface area (Å²) in [6.45, 7) is 6.94. The van der Waals surface area contributed by atoms with Crippen molar-refractivity contribution >= 4 is 6.09 Å². The predicted molar refractivity (Wildman–Crippen MR) is 62.1 cm³/mol. The molecule has 0 bridgehead atoms. The third-order valence-electron chi connectivity index (χ3n) is 3.06. The van der Waals surface area contributed by atoms with Crippen molar-refractivity contribution in [2.75, 3.05) is 13.1 Å². The summed E-state index contributed by atoms with van der Waals surface area (Å²) >= 11 is 0. The highest BCUT2D eigenvalue weighted by Gasteiger charge is 2.46. The lowest BCUT2D eigenvalue weighted by atomic mass is 9.86. The van der Waals surface area contributed by atoms with Gasteiger partial charge in [0.25, 0.3) is 0 Å². The first-order chi connectivity index (χ1) is 7.27. The minimum absolute atomic E-state index is 0.141. The Morgan fingerprint density at radius 3 is 2.44 bits per heavy atom. The highest BCUT2D eigenvalue weighted by atomic mass is 16.6. The van der Waals surface area contributed by atoms with Crippen molar-refractivity contribution in [1.82, 2.24) is 4.90 Å². The van der Waals surface area contributed by atoms with E-state index in [1.54, 1.807) is 4.90 Å². The number of nitrogens with zero attached hydrogens (tertiary/aromatic N) is 1. The van der Waals surface area contributed by atoms with Crippen molar-refractivity contribution in [3.05, 3.63) is 0 Å². The molecule has 1 aliphatic heterocycles. The quantitative estimate of drug-likeness (QED) is 0.780. The average Bonchev–Trinajstić information content (AvgIpc) is 2.80. The zero-order valence-corrected chi connectivity index (χ0v) is 10.5. The molecule has 0 aromatic rings. The van der Waals surface area contributed by atoms with Gasteiger partial charge in [-0.2, -0.15) is 0 Å². The van der Waals surface area contributed by atoms with Crippen molar-refractivity contribution in [3.8, 4) is 0 Å².